The van der Waals surface area contributed by atoms with Crippen LogP contribution in [-0.4, -0.2) is 28.2 Å². The Kier molecular flexibility index (Phi) is 3.87. The zero-order chi connectivity index (χ0) is 14.3. The van der Waals surface area contributed by atoms with Crippen molar-refractivity contribution in [3.63, 3.8) is 0 Å². The summed E-state index contributed by atoms with van der Waals surface area (Å²) in [6.45, 7) is 7.09. The van der Waals surface area contributed by atoms with Gasteiger partial charge in [0.2, 0.25) is 0 Å². The Balaban J connectivity index is 2.07. The van der Waals surface area contributed by atoms with Crippen molar-refractivity contribution in [2.24, 2.45) is 11.8 Å². The Hall–Kier alpha value is -0.710. The van der Waals surface area contributed by atoms with E-state index in [2.05, 4.69) is 6.92 Å². The normalized spacial score (nSPS) is 39.5. The Morgan fingerprint density at radius 1 is 1.42 bits per heavy atom. The molecule has 1 heterocycles. The molecule has 0 spiro atoms. The zero-order valence-electron chi connectivity index (χ0n) is 12.2. The Morgan fingerprint density at radius 2 is 2.11 bits per heavy atom. The first kappa shape index (κ1) is 14.7. The molecule has 1 aliphatic heterocycles. The van der Waals surface area contributed by atoms with E-state index in [-0.39, 0.29) is 11.9 Å². The van der Waals surface area contributed by atoms with Crippen LogP contribution in [0.15, 0.2) is 12.2 Å². The van der Waals surface area contributed by atoms with E-state index in [1.54, 1.807) is 6.08 Å². The van der Waals surface area contributed by atoms with E-state index in [1.165, 1.54) is 19.9 Å². The number of hydrogen-bond acceptors (Lipinski definition) is 4. The second-order valence-corrected chi connectivity index (χ2v) is 6.65. The van der Waals surface area contributed by atoms with Crippen LogP contribution < -0.4 is 0 Å². The minimum absolute atomic E-state index is 0.171. The monoisotopic (exact) mass is 268 g/mol. The summed E-state index contributed by atoms with van der Waals surface area (Å²) in [6.07, 6.45) is 6.51. The van der Waals surface area contributed by atoms with Gasteiger partial charge in [0.05, 0.1) is 6.10 Å². The number of carbonyl (C=O) groups is 1. The third kappa shape index (κ3) is 3.07. The summed E-state index contributed by atoms with van der Waals surface area (Å²) in [6, 6.07) is 0. The van der Waals surface area contributed by atoms with E-state index < -0.39 is 11.2 Å². The minimum Gasteiger partial charge on any atom is -0.382 e. The molecule has 4 nitrogen and oxygen atoms in total. The van der Waals surface area contributed by atoms with E-state index in [4.69, 9.17) is 9.78 Å². The van der Waals surface area contributed by atoms with Crippen molar-refractivity contribution < 1.29 is 19.7 Å². The molecule has 0 aromatic rings. The third-order valence-corrected chi connectivity index (χ3v) is 4.45. The van der Waals surface area contributed by atoms with Crippen LogP contribution >= 0.6 is 0 Å². The van der Waals surface area contributed by atoms with E-state index in [0.29, 0.717) is 11.8 Å². The van der Waals surface area contributed by atoms with E-state index >= 15 is 0 Å². The maximum atomic E-state index is 11.7. The Morgan fingerprint density at radius 3 is 2.74 bits per heavy atom. The van der Waals surface area contributed by atoms with Crippen molar-refractivity contribution in [1.82, 2.24) is 0 Å². The molecule has 1 saturated carbocycles. The van der Waals surface area contributed by atoms with Gasteiger partial charge in [0.15, 0.2) is 5.78 Å². The quantitative estimate of drug-likeness (QED) is 0.631. The molecule has 4 heteroatoms. The summed E-state index contributed by atoms with van der Waals surface area (Å²) in [5.41, 5.74) is -1.91. The fourth-order valence-corrected chi connectivity index (χ4v) is 2.78. The van der Waals surface area contributed by atoms with Crippen LogP contribution in [0.5, 0.6) is 0 Å². The molecular formula is C15H24O4. The molecule has 2 fully saturated rings. The van der Waals surface area contributed by atoms with Crippen molar-refractivity contribution in [3.8, 4) is 0 Å². The van der Waals surface area contributed by atoms with Crippen LogP contribution in [0.1, 0.15) is 47.0 Å². The molecule has 0 aromatic heterocycles. The summed E-state index contributed by atoms with van der Waals surface area (Å²) in [5.74, 6) is 0.583. The summed E-state index contributed by atoms with van der Waals surface area (Å²) in [7, 11) is 0. The smallest absolute Gasteiger partial charge is 0.186 e. The summed E-state index contributed by atoms with van der Waals surface area (Å²) < 4.78 is 0. The maximum absolute atomic E-state index is 11.7. The number of hydrogen-bond donors (Lipinski definition) is 1. The van der Waals surface area contributed by atoms with Crippen LogP contribution in [0.3, 0.4) is 0 Å². The van der Waals surface area contributed by atoms with Crippen LogP contribution in [0, 0.1) is 11.8 Å². The van der Waals surface area contributed by atoms with Gasteiger partial charge >= 0.3 is 0 Å². The lowest BCUT2D eigenvalue weighted by atomic mass is 9.72. The molecule has 2 aliphatic rings. The van der Waals surface area contributed by atoms with Gasteiger partial charge in [-0.1, -0.05) is 6.92 Å². The van der Waals surface area contributed by atoms with Crippen molar-refractivity contribution in [2.75, 3.05) is 0 Å². The Bertz CT molecular complexity index is 382. The van der Waals surface area contributed by atoms with Gasteiger partial charge in [-0.2, -0.15) is 0 Å². The fraction of sp³-hybridized carbons (Fsp3) is 0.800. The second kappa shape index (κ2) is 5.00. The van der Waals surface area contributed by atoms with Crippen molar-refractivity contribution >= 4 is 5.78 Å². The number of ketones is 1. The lowest BCUT2D eigenvalue weighted by Crippen LogP contribution is -2.49. The van der Waals surface area contributed by atoms with Gasteiger partial charge in [-0.25, -0.2) is 9.78 Å². The highest BCUT2D eigenvalue weighted by Crippen LogP contribution is 2.44. The summed E-state index contributed by atoms with van der Waals surface area (Å²) in [4.78, 5) is 22.8. The first-order chi connectivity index (χ1) is 8.72. The number of aliphatic hydroxyl groups is 1. The fourth-order valence-electron chi connectivity index (χ4n) is 2.78. The number of carbonyl (C=O) groups excluding carboxylic acids is 1. The predicted molar refractivity (Wildman–Crippen MR) is 71.3 cm³/mol. The van der Waals surface area contributed by atoms with Gasteiger partial charge in [-0.05, 0) is 64.0 Å². The Labute approximate surface area is 114 Å². The molecule has 19 heavy (non-hydrogen) atoms. The topological polar surface area (TPSA) is 55.8 Å². The molecule has 0 radical (unpaired) electrons. The van der Waals surface area contributed by atoms with Crippen molar-refractivity contribution in [1.29, 1.82) is 0 Å². The highest BCUT2D eigenvalue weighted by molar-refractivity contribution is 5.96. The van der Waals surface area contributed by atoms with Gasteiger partial charge in [0.25, 0.3) is 0 Å². The van der Waals surface area contributed by atoms with Crippen LogP contribution in [0.2, 0.25) is 0 Å². The molecule has 0 aromatic carbocycles. The predicted octanol–water partition coefficient (Wildman–Crippen LogP) is 2.41. The third-order valence-electron chi connectivity index (χ3n) is 4.45. The van der Waals surface area contributed by atoms with E-state index in [0.717, 1.165) is 19.3 Å². The molecule has 2 bridgehead atoms. The molecule has 1 N–H and O–H groups in total. The second-order valence-electron chi connectivity index (χ2n) is 6.65. The molecule has 108 valence electrons. The molecule has 4 atom stereocenters. The average molecular weight is 268 g/mol. The highest BCUT2D eigenvalue weighted by Gasteiger charge is 2.45. The zero-order valence-corrected chi connectivity index (χ0v) is 12.2. The SMILES string of the molecule is C[C@@H]1CC[C@H]2C[C@@H]1OO[C@]2(C)/C=C/C(=O)C(C)(C)O. The van der Waals surface area contributed by atoms with Gasteiger partial charge in [0.1, 0.15) is 11.2 Å². The summed E-state index contributed by atoms with van der Waals surface area (Å²) >= 11 is 0. The molecule has 0 amide bonds. The van der Waals surface area contributed by atoms with Crippen LogP contribution in [-0.2, 0) is 14.6 Å². The molecule has 1 aliphatic carbocycles. The maximum Gasteiger partial charge on any atom is 0.186 e. The number of fused-ring (bicyclic) bond motifs is 2. The molecular weight excluding hydrogens is 244 g/mol. The van der Waals surface area contributed by atoms with Gasteiger partial charge in [-0.15, -0.1) is 0 Å². The molecule has 2 rings (SSSR count). The highest BCUT2D eigenvalue weighted by atomic mass is 17.2. The summed E-state index contributed by atoms with van der Waals surface area (Å²) in [5, 5.41) is 9.64. The van der Waals surface area contributed by atoms with Gasteiger partial charge < -0.3 is 5.11 Å². The van der Waals surface area contributed by atoms with Gasteiger partial charge in [0, 0.05) is 0 Å². The van der Waals surface area contributed by atoms with E-state index in [1.807, 2.05) is 6.92 Å². The van der Waals surface area contributed by atoms with Crippen molar-refractivity contribution in [3.05, 3.63) is 12.2 Å². The standard InChI is InChI=1S/C15H24O4/c1-10-5-6-11-9-12(10)18-19-15(11,4)8-7-13(16)14(2,3)17/h7-8,10-12,17H,5-6,9H2,1-4H3/b8-7+/t10-,11+,12+,15-/m1/s1. The minimum atomic E-state index is -1.34. The van der Waals surface area contributed by atoms with Crippen LogP contribution in [0.25, 0.3) is 0 Å². The lowest BCUT2D eigenvalue weighted by Gasteiger charge is -2.46. The van der Waals surface area contributed by atoms with Crippen LogP contribution in [0.4, 0.5) is 0 Å². The molecule has 0 unspecified atom stereocenters. The largest absolute Gasteiger partial charge is 0.382 e. The lowest BCUT2D eigenvalue weighted by molar-refractivity contribution is -0.421. The first-order valence-corrected chi connectivity index (χ1v) is 7.03. The van der Waals surface area contributed by atoms with Gasteiger partial charge in [-0.3, -0.25) is 4.79 Å². The number of rotatable bonds is 3. The van der Waals surface area contributed by atoms with E-state index in [9.17, 15) is 9.90 Å². The molecule has 1 saturated heterocycles. The van der Waals surface area contributed by atoms with Crippen molar-refractivity contribution in [2.45, 2.75) is 64.3 Å². The first-order valence-electron chi connectivity index (χ1n) is 7.03. The average Bonchev–Trinajstić information content (AvgIpc) is 2.33.